The van der Waals surface area contributed by atoms with Gasteiger partial charge in [-0.1, -0.05) is 334 Å². The highest BCUT2D eigenvalue weighted by Gasteiger charge is 2.44. The first-order valence-corrected chi connectivity index (χ1v) is 49.5. The Labute approximate surface area is 811 Å². The van der Waals surface area contributed by atoms with Gasteiger partial charge < -0.3 is 18.3 Å². The van der Waals surface area contributed by atoms with Crippen LogP contribution in [0.5, 0.6) is 0 Å². The molecule has 8 heterocycles. The van der Waals surface area contributed by atoms with Gasteiger partial charge in [0.1, 0.15) is 0 Å². The van der Waals surface area contributed by atoms with Crippen molar-refractivity contribution in [2.24, 2.45) is 20.0 Å². The Balaban J connectivity index is 0.0000000896. The molecule has 32 rings (SSSR count). The van der Waals surface area contributed by atoms with Crippen LogP contribution in [0.1, 0.15) is 122 Å². The third kappa shape index (κ3) is 11.0. The molecule has 0 fully saturated rings. The first-order chi connectivity index (χ1) is 68.6. The van der Waals surface area contributed by atoms with E-state index in [1.807, 2.05) is 24.9 Å². The maximum Gasteiger partial charge on any atom is 0.0682 e. The van der Waals surface area contributed by atoms with Crippen molar-refractivity contribution in [3.05, 3.63) is 431 Å². The van der Waals surface area contributed by atoms with Gasteiger partial charge in [-0.3, -0.25) is 20.0 Å². The van der Waals surface area contributed by atoms with Gasteiger partial charge in [0, 0.05) is 159 Å². The third-order valence-corrected chi connectivity index (χ3v) is 32.9. The van der Waals surface area contributed by atoms with Gasteiger partial charge in [-0.25, -0.2) is 0 Å². The van der Waals surface area contributed by atoms with E-state index in [2.05, 4.69) is 458 Å². The molecule has 0 spiro atoms. The van der Waals surface area contributed by atoms with Gasteiger partial charge in [-0.05, 0) is 207 Å². The lowest BCUT2D eigenvalue weighted by atomic mass is 9.79. The lowest BCUT2D eigenvalue weighted by Gasteiger charge is -2.24. The minimum absolute atomic E-state index is 0.000622. The third-order valence-electron chi connectivity index (χ3n) is 32.9. The summed E-state index contributed by atoms with van der Waals surface area (Å²) in [4.78, 5) is 18.4. The van der Waals surface area contributed by atoms with Crippen molar-refractivity contribution in [2.75, 3.05) is 0 Å². The number of fused-ring (bicyclic) bond motifs is 42. The van der Waals surface area contributed by atoms with E-state index < -0.39 is 0 Å². The maximum atomic E-state index is 4.66. The highest BCUT2D eigenvalue weighted by Crippen LogP contribution is 2.61. The molecule has 8 nitrogen and oxygen atoms in total. The Morgan fingerprint density at radius 3 is 1.15 bits per heavy atom. The van der Waals surface area contributed by atoms with Crippen LogP contribution in [0, 0.1) is 0 Å². The lowest BCUT2D eigenvalue weighted by molar-refractivity contribution is 0.661. The van der Waals surface area contributed by atoms with E-state index in [-0.39, 0.29) is 21.7 Å². The highest BCUT2D eigenvalue weighted by molar-refractivity contribution is 6.30. The zero-order valence-corrected chi connectivity index (χ0v) is 79.4. The highest BCUT2D eigenvalue weighted by atomic mass is 15.0. The van der Waals surface area contributed by atoms with E-state index in [9.17, 15) is 0 Å². The van der Waals surface area contributed by atoms with Crippen LogP contribution >= 0.6 is 0 Å². The zero-order valence-electron chi connectivity index (χ0n) is 79.4. The molecule has 0 N–H and O–H groups in total. The largest absolute Gasteiger partial charge is 0.309 e. The number of rotatable bonds is 4. The summed E-state index contributed by atoms with van der Waals surface area (Å²) in [6.07, 6.45) is 11.7. The van der Waals surface area contributed by atoms with Crippen LogP contribution in [0.2, 0.25) is 0 Å². The molecule has 0 radical (unpaired) electrons. The minimum Gasteiger partial charge on any atom is -0.309 e. The Morgan fingerprint density at radius 2 is 0.557 bits per heavy atom. The Hall–Kier alpha value is -16.7. The number of para-hydroxylation sites is 4. The van der Waals surface area contributed by atoms with Crippen LogP contribution in [-0.4, -0.2) is 43.1 Å². The van der Waals surface area contributed by atoms with Crippen LogP contribution < -0.4 is 0 Å². The van der Waals surface area contributed by atoms with E-state index in [0.29, 0.717) is 0 Å². The van der Waals surface area contributed by atoms with Gasteiger partial charge in [0.05, 0.1) is 78.3 Å². The summed E-state index contributed by atoms with van der Waals surface area (Å²) >= 11 is 0. The van der Waals surface area contributed by atoms with Gasteiger partial charge in [0.2, 0.25) is 0 Å². The van der Waals surface area contributed by atoms with Crippen LogP contribution in [0.3, 0.4) is 0 Å². The quantitative estimate of drug-likeness (QED) is 0.168. The molecular weight excluding hydrogens is 1700 g/mol. The van der Waals surface area contributed by atoms with E-state index >= 15 is 0 Å². The molecule has 4 aliphatic carbocycles. The molecule has 140 heavy (non-hydrogen) atoms. The van der Waals surface area contributed by atoms with Gasteiger partial charge >= 0.3 is 0 Å². The molecule has 0 unspecified atom stereocenters. The van der Waals surface area contributed by atoms with Crippen molar-refractivity contribution >= 4 is 178 Å². The van der Waals surface area contributed by atoms with Crippen molar-refractivity contribution in [3.63, 3.8) is 0 Å². The average Bonchev–Trinajstić information content (AvgIpc) is 1.51. The standard InChI is InChI=1S/4C33H24N2/c1-33(2)26-10-5-3-9-24(26)31-21-14-15-22-20-8-4-6-12-29(20)35(32(22)23(21)16-17-27(31)33)30-13-7-11-28-25(30)18-19-34-28;1-33(2)28-9-5-3-7-22(28)24-12-15-27-25(31(24)33)13-14-26-23-8-4-6-10-30(23)35(32(26)27)21-11-16-29-20(19-21)17-18-34-29;1-33(2)25-14-7-5-12-22(25)29-30-24-13-6-8-16-28(24)35(27-17-9-15-26-23(27)18-19-34-26)32(30)21-11-4-3-10-20(21)31(29)33;1-33(2)26-13-7-5-11-24(26)29-22-9-3-4-10-23(22)32-30(31(29)33)25-12-6-8-14-28(25)35(32)21-15-16-27-20(19-21)17-18-34-27/h3-17,19H,18H2,1-2H3;3-16,18-19H,17H2,1-2H3;3-17,19H,18H2,1-2H3;3-16,18-19H,17H2,1-2H3. The normalized spacial score (nSPS) is 15.1. The van der Waals surface area contributed by atoms with E-state index in [0.717, 1.165) is 48.4 Å². The first-order valence-electron chi connectivity index (χ1n) is 49.5. The molecule has 4 aliphatic heterocycles. The Bertz CT molecular complexity index is 9840. The number of aromatic nitrogens is 4. The molecular formula is C132H96N8. The Kier molecular flexibility index (Phi) is 16.9. The Morgan fingerprint density at radius 1 is 0.207 bits per heavy atom. The summed E-state index contributed by atoms with van der Waals surface area (Å²) in [6, 6.07) is 135. The second-order valence-electron chi connectivity index (χ2n) is 41.5. The topological polar surface area (TPSA) is 69.2 Å². The van der Waals surface area contributed by atoms with Gasteiger partial charge in [-0.15, -0.1) is 0 Å². The fourth-order valence-corrected chi connectivity index (χ4v) is 26.8. The molecule has 4 aromatic heterocycles. The molecule has 0 amide bonds. The predicted octanol–water partition coefficient (Wildman–Crippen LogP) is 34.0. The SMILES string of the molecule is CC1(C)c2ccccc2-c2c1c1c3ccccc3n(-c3ccc4c(c3)CC=N4)c1c1ccccc21.CC1(C)c2ccccc2-c2c1c1ccccc1c1c2c2ccccc2n1-c1cccc2c1CC=N2.CC1(C)c2ccccc2-c2c1ccc1c2ccc2c3ccccc3n(-c3cccc4c3CC=N4)c12.CC1(C)c2ccccc2-c2ccc3c(ccc4c5ccccc5n(-c5ccc6c(c5)CC=N6)c34)c21. The number of aliphatic imine (C=N–C) groups is 4. The van der Waals surface area contributed by atoms with Crippen molar-refractivity contribution in [1.82, 2.24) is 18.3 Å². The summed E-state index contributed by atoms with van der Waals surface area (Å²) < 4.78 is 9.95. The predicted molar refractivity (Wildman–Crippen MR) is 591 cm³/mol. The fraction of sp³-hybridized carbons (Fsp3) is 0.121. The van der Waals surface area contributed by atoms with Crippen LogP contribution in [0.15, 0.2) is 384 Å². The van der Waals surface area contributed by atoms with Crippen molar-refractivity contribution < 1.29 is 0 Å². The van der Waals surface area contributed by atoms with Crippen molar-refractivity contribution in [1.29, 1.82) is 0 Å². The lowest BCUT2D eigenvalue weighted by Crippen LogP contribution is -2.15. The second-order valence-corrected chi connectivity index (χ2v) is 41.5. The van der Waals surface area contributed by atoms with Crippen LogP contribution in [0.25, 0.3) is 198 Å². The van der Waals surface area contributed by atoms with E-state index in [1.54, 1.807) is 0 Å². The van der Waals surface area contributed by atoms with E-state index in [4.69, 9.17) is 0 Å². The zero-order chi connectivity index (χ0) is 93.2. The summed E-state index contributed by atoms with van der Waals surface area (Å²) in [7, 11) is 0. The summed E-state index contributed by atoms with van der Waals surface area (Å²) in [6.45, 7) is 19.0. The summed E-state index contributed by atoms with van der Waals surface area (Å²) in [5.41, 5.74) is 46.9. The smallest absolute Gasteiger partial charge is 0.0682 e. The second kappa shape index (κ2) is 29.4. The number of hydrogen-bond acceptors (Lipinski definition) is 4. The average molecular weight is 1790 g/mol. The molecule has 20 aromatic carbocycles. The molecule has 8 heteroatoms. The maximum absolute atomic E-state index is 4.66. The van der Waals surface area contributed by atoms with Gasteiger partial charge in [0.15, 0.2) is 0 Å². The molecule has 24 aromatic rings. The monoisotopic (exact) mass is 1790 g/mol. The minimum atomic E-state index is -0.0884. The molecule has 664 valence electrons. The van der Waals surface area contributed by atoms with Crippen LogP contribution in [0.4, 0.5) is 22.7 Å². The molecule has 0 atom stereocenters. The van der Waals surface area contributed by atoms with Crippen molar-refractivity contribution in [2.45, 2.75) is 103 Å². The molecule has 0 bridgehead atoms. The number of hydrogen-bond donors (Lipinski definition) is 0. The number of benzene rings is 20. The van der Waals surface area contributed by atoms with E-state index in [1.165, 1.54) is 264 Å². The fourth-order valence-electron chi connectivity index (χ4n) is 26.8. The number of nitrogens with zero attached hydrogens (tertiary/aromatic N) is 8. The molecule has 0 saturated heterocycles. The van der Waals surface area contributed by atoms with Gasteiger partial charge in [0.25, 0.3) is 0 Å². The molecule has 8 aliphatic rings. The van der Waals surface area contributed by atoms with Crippen molar-refractivity contribution in [3.8, 4) is 67.3 Å². The molecule has 0 saturated carbocycles. The summed E-state index contributed by atoms with van der Waals surface area (Å²) in [5.74, 6) is 0. The summed E-state index contributed by atoms with van der Waals surface area (Å²) in [5, 5.41) is 21.2. The van der Waals surface area contributed by atoms with Gasteiger partial charge in [-0.2, -0.15) is 0 Å². The van der Waals surface area contributed by atoms with Crippen LogP contribution in [-0.2, 0) is 47.3 Å². The first kappa shape index (κ1) is 80.6.